The molecular formula is C22H18ClN3O3S. The van der Waals surface area contributed by atoms with E-state index in [1.54, 1.807) is 74.0 Å². The number of nitrogens with zero attached hydrogens (tertiary/aromatic N) is 1. The second kappa shape index (κ2) is 10.4. The van der Waals surface area contributed by atoms with Crippen molar-refractivity contribution in [2.24, 2.45) is 5.10 Å². The molecule has 3 rings (SSSR count). The third kappa shape index (κ3) is 6.30. The van der Waals surface area contributed by atoms with Gasteiger partial charge in [0.25, 0.3) is 0 Å². The Morgan fingerprint density at radius 1 is 1.03 bits per heavy atom. The van der Waals surface area contributed by atoms with E-state index in [0.29, 0.717) is 27.2 Å². The van der Waals surface area contributed by atoms with Gasteiger partial charge in [-0.2, -0.15) is 5.10 Å². The molecule has 0 fully saturated rings. The molecule has 0 radical (unpaired) electrons. The minimum atomic E-state index is -0.446. The lowest BCUT2D eigenvalue weighted by Gasteiger charge is -2.07. The van der Waals surface area contributed by atoms with Crippen LogP contribution in [0.1, 0.15) is 15.9 Å². The van der Waals surface area contributed by atoms with Gasteiger partial charge in [0.15, 0.2) is 5.11 Å². The highest BCUT2D eigenvalue weighted by molar-refractivity contribution is 7.80. The number of anilines is 1. The van der Waals surface area contributed by atoms with Gasteiger partial charge in [-0.15, -0.1) is 0 Å². The number of rotatable bonds is 6. The van der Waals surface area contributed by atoms with Crippen molar-refractivity contribution in [2.75, 3.05) is 12.4 Å². The van der Waals surface area contributed by atoms with Gasteiger partial charge in [-0.05, 0) is 84.5 Å². The van der Waals surface area contributed by atoms with Crippen LogP contribution >= 0.6 is 23.8 Å². The van der Waals surface area contributed by atoms with Crippen LogP contribution in [0.5, 0.6) is 11.5 Å². The monoisotopic (exact) mass is 439 g/mol. The molecule has 0 saturated heterocycles. The summed E-state index contributed by atoms with van der Waals surface area (Å²) in [6.07, 6.45) is 1.60. The topological polar surface area (TPSA) is 72.0 Å². The number of hydrazone groups is 1. The molecule has 8 heteroatoms. The van der Waals surface area contributed by atoms with E-state index in [-0.39, 0.29) is 0 Å². The third-order valence-corrected chi connectivity index (χ3v) is 4.31. The summed E-state index contributed by atoms with van der Waals surface area (Å²) < 4.78 is 10.4. The van der Waals surface area contributed by atoms with Gasteiger partial charge in [-0.3, -0.25) is 5.43 Å². The summed E-state index contributed by atoms with van der Waals surface area (Å²) in [5, 5.41) is 8.00. The molecule has 6 nitrogen and oxygen atoms in total. The molecule has 0 aromatic heterocycles. The van der Waals surface area contributed by atoms with Gasteiger partial charge >= 0.3 is 5.97 Å². The second-order valence-corrected chi connectivity index (χ2v) is 6.87. The van der Waals surface area contributed by atoms with Crippen molar-refractivity contribution in [2.45, 2.75) is 0 Å². The number of halogens is 1. The molecule has 0 aliphatic rings. The van der Waals surface area contributed by atoms with Crippen molar-refractivity contribution in [3.63, 3.8) is 0 Å². The Labute approximate surface area is 184 Å². The van der Waals surface area contributed by atoms with Crippen LogP contribution in [0.4, 0.5) is 5.69 Å². The molecule has 3 aromatic rings. The largest absolute Gasteiger partial charge is 0.497 e. The number of nitrogens with one attached hydrogen (secondary N) is 2. The molecule has 0 aliphatic carbocycles. The first-order valence-corrected chi connectivity index (χ1v) is 9.64. The van der Waals surface area contributed by atoms with Crippen LogP contribution < -0.4 is 20.2 Å². The average Bonchev–Trinajstić information content (AvgIpc) is 2.75. The summed E-state index contributed by atoms with van der Waals surface area (Å²) in [5.41, 5.74) is 4.73. The van der Waals surface area contributed by atoms with Crippen LogP contribution in [0.2, 0.25) is 5.02 Å². The van der Waals surface area contributed by atoms with Gasteiger partial charge in [0.05, 0.1) is 18.9 Å². The number of thiocarbonyl (C=S) groups is 1. The number of carbonyl (C=O) groups is 1. The van der Waals surface area contributed by atoms with Crippen LogP contribution in [-0.4, -0.2) is 24.4 Å². The standard InChI is InChI=1S/C22H18ClN3O3S/c1-28-19-11-7-16(8-12-19)21(27)29-20-9-5-15(6-10-20)14-24-26-22(30)25-18-4-2-3-17(23)13-18/h2-14H,1H3,(H2,25,26,30). The molecular weight excluding hydrogens is 422 g/mol. The number of esters is 1. The van der Waals surface area contributed by atoms with Gasteiger partial charge in [0.1, 0.15) is 11.5 Å². The summed E-state index contributed by atoms with van der Waals surface area (Å²) >= 11 is 11.1. The third-order valence-electron chi connectivity index (χ3n) is 3.88. The molecule has 0 aliphatic heterocycles. The Morgan fingerprint density at radius 3 is 2.40 bits per heavy atom. The maximum Gasteiger partial charge on any atom is 0.343 e. The molecule has 0 atom stereocenters. The van der Waals surface area contributed by atoms with Gasteiger partial charge in [-0.1, -0.05) is 17.7 Å². The van der Waals surface area contributed by atoms with Crippen molar-refractivity contribution in [3.8, 4) is 11.5 Å². The molecule has 0 saturated carbocycles. The summed E-state index contributed by atoms with van der Waals surface area (Å²) in [7, 11) is 1.57. The van der Waals surface area contributed by atoms with Gasteiger partial charge < -0.3 is 14.8 Å². The van der Waals surface area contributed by atoms with E-state index >= 15 is 0 Å². The van der Waals surface area contributed by atoms with Gasteiger partial charge in [0.2, 0.25) is 0 Å². The lowest BCUT2D eigenvalue weighted by molar-refractivity contribution is 0.0734. The maximum absolute atomic E-state index is 12.2. The zero-order valence-corrected chi connectivity index (χ0v) is 17.5. The number of hydrogen-bond donors (Lipinski definition) is 2. The van der Waals surface area contributed by atoms with E-state index in [4.69, 9.17) is 33.3 Å². The van der Waals surface area contributed by atoms with Crippen molar-refractivity contribution in [3.05, 3.63) is 88.9 Å². The Hall–Kier alpha value is -3.42. The van der Waals surface area contributed by atoms with Crippen LogP contribution in [0.15, 0.2) is 77.9 Å². The van der Waals surface area contributed by atoms with Crippen molar-refractivity contribution >= 4 is 46.8 Å². The van der Waals surface area contributed by atoms with Crippen molar-refractivity contribution in [1.29, 1.82) is 0 Å². The zero-order chi connectivity index (χ0) is 21.3. The summed E-state index contributed by atoms with van der Waals surface area (Å²) in [5.74, 6) is 0.656. The fourth-order valence-corrected chi connectivity index (χ4v) is 2.77. The van der Waals surface area contributed by atoms with Crippen LogP contribution in [-0.2, 0) is 0 Å². The van der Waals surface area contributed by atoms with E-state index < -0.39 is 5.97 Å². The first-order valence-electron chi connectivity index (χ1n) is 8.85. The Kier molecular flexibility index (Phi) is 7.37. The Morgan fingerprint density at radius 2 is 1.73 bits per heavy atom. The molecule has 30 heavy (non-hydrogen) atoms. The number of hydrogen-bond acceptors (Lipinski definition) is 5. The molecule has 0 heterocycles. The lowest BCUT2D eigenvalue weighted by Crippen LogP contribution is -2.23. The van der Waals surface area contributed by atoms with E-state index in [9.17, 15) is 4.79 Å². The predicted octanol–water partition coefficient (Wildman–Crippen LogP) is 4.89. The SMILES string of the molecule is COc1ccc(C(=O)Oc2ccc(C=NNC(=S)Nc3cccc(Cl)c3)cc2)cc1. The van der Waals surface area contributed by atoms with E-state index in [2.05, 4.69) is 15.8 Å². The molecule has 0 bridgehead atoms. The highest BCUT2D eigenvalue weighted by Gasteiger charge is 2.08. The van der Waals surface area contributed by atoms with Gasteiger partial charge in [-0.25, -0.2) is 4.79 Å². The molecule has 0 amide bonds. The summed E-state index contributed by atoms with van der Waals surface area (Å²) in [6, 6.07) is 20.8. The quantitative estimate of drug-likeness (QED) is 0.187. The normalized spacial score (nSPS) is 10.5. The molecule has 152 valence electrons. The highest BCUT2D eigenvalue weighted by atomic mass is 35.5. The highest BCUT2D eigenvalue weighted by Crippen LogP contribution is 2.16. The van der Waals surface area contributed by atoms with E-state index in [1.165, 1.54) is 0 Å². The first-order chi connectivity index (χ1) is 14.5. The maximum atomic E-state index is 12.2. The van der Waals surface area contributed by atoms with Crippen LogP contribution in [0.3, 0.4) is 0 Å². The first kappa shape index (κ1) is 21.3. The van der Waals surface area contributed by atoms with Crippen LogP contribution in [0.25, 0.3) is 0 Å². The zero-order valence-electron chi connectivity index (χ0n) is 16.0. The minimum absolute atomic E-state index is 0.332. The number of ether oxygens (including phenoxy) is 2. The Balaban J connectivity index is 1.51. The fourth-order valence-electron chi connectivity index (χ4n) is 2.41. The number of methoxy groups -OCH3 is 1. The smallest absolute Gasteiger partial charge is 0.343 e. The number of benzene rings is 3. The molecule has 0 unspecified atom stereocenters. The minimum Gasteiger partial charge on any atom is -0.497 e. The molecule has 0 spiro atoms. The van der Waals surface area contributed by atoms with Crippen LogP contribution in [0, 0.1) is 0 Å². The Bertz CT molecular complexity index is 1050. The van der Waals surface area contributed by atoms with Crippen molar-refractivity contribution < 1.29 is 14.3 Å². The predicted molar refractivity (Wildman–Crippen MR) is 123 cm³/mol. The lowest BCUT2D eigenvalue weighted by atomic mass is 10.2. The second-order valence-electron chi connectivity index (χ2n) is 6.02. The van der Waals surface area contributed by atoms with Gasteiger partial charge in [0, 0.05) is 10.7 Å². The summed E-state index contributed by atoms with van der Waals surface area (Å²) in [6.45, 7) is 0. The summed E-state index contributed by atoms with van der Waals surface area (Å²) in [4.78, 5) is 12.2. The molecule has 3 aromatic carbocycles. The average molecular weight is 440 g/mol. The van der Waals surface area contributed by atoms with E-state index in [1.807, 2.05) is 12.1 Å². The molecule has 2 N–H and O–H groups in total. The van der Waals surface area contributed by atoms with Crippen molar-refractivity contribution in [1.82, 2.24) is 5.43 Å². The fraction of sp³-hybridized carbons (Fsp3) is 0.0455. The number of carbonyl (C=O) groups excluding carboxylic acids is 1. The van der Waals surface area contributed by atoms with E-state index in [0.717, 1.165) is 11.3 Å².